The van der Waals surface area contributed by atoms with Crippen molar-refractivity contribution < 1.29 is 14.7 Å². The van der Waals surface area contributed by atoms with Crippen LogP contribution < -0.4 is 0 Å². The van der Waals surface area contributed by atoms with Crippen molar-refractivity contribution >= 4 is 11.6 Å². The first-order valence-corrected chi connectivity index (χ1v) is 4.89. The van der Waals surface area contributed by atoms with Gasteiger partial charge in [0.15, 0.2) is 5.78 Å². The zero-order valence-electron chi connectivity index (χ0n) is 8.91. The molecule has 1 N–H and O–H groups in total. The summed E-state index contributed by atoms with van der Waals surface area (Å²) in [4.78, 5) is 22.7. The molecule has 0 fully saturated rings. The highest BCUT2D eigenvalue weighted by atomic mass is 16.3. The number of rotatable bonds is 4. The number of phenolic OH excluding ortho intramolecular Hbond substituents is 1. The molecule has 0 bridgehead atoms. The molecule has 80 valence electrons. The molecular weight excluding hydrogens is 192 g/mol. The molecule has 0 aliphatic carbocycles. The quantitative estimate of drug-likeness (QED) is 0.607. The van der Waals surface area contributed by atoms with Crippen molar-refractivity contribution in [3.05, 3.63) is 29.3 Å². The zero-order valence-corrected chi connectivity index (χ0v) is 8.91. The SMILES string of the molecule is CCC(=O)CC(=O)c1cc(C)ccc1O. The summed E-state index contributed by atoms with van der Waals surface area (Å²) in [6.45, 7) is 3.55. The highest BCUT2D eigenvalue weighted by molar-refractivity contribution is 6.09. The Morgan fingerprint density at radius 1 is 1.33 bits per heavy atom. The summed E-state index contributed by atoms with van der Waals surface area (Å²) in [7, 11) is 0. The van der Waals surface area contributed by atoms with Crippen LogP contribution in [0.3, 0.4) is 0 Å². The second kappa shape index (κ2) is 4.73. The third-order valence-electron chi connectivity index (χ3n) is 2.20. The maximum atomic E-state index is 11.6. The predicted molar refractivity (Wildman–Crippen MR) is 57.1 cm³/mol. The van der Waals surface area contributed by atoms with Gasteiger partial charge in [-0.1, -0.05) is 18.6 Å². The monoisotopic (exact) mass is 206 g/mol. The van der Waals surface area contributed by atoms with E-state index in [-0.39, 0.29) is 29.3 Å². The number of phenols is 1. The van der Waals surface area contributed by atoms with Crippen LogP contribution in [0.5, 0.6) is 5.75 Å². The fourth-order valence-electron chi connectivity index (χ4n) is 1.27. The molecule has 15 heavy (non-hydrogen) atoms. The van der Waals surface area contributed by atoms with Gasteiger partial charge in [-0.2, -0.15) is 0 Å². The third kappa shape index (κ3) is 2.91. The molecule has 0 aliphatic heterocycles. The fourth-order valence-corrected chi connectivity index (χ4v) is 1.27. The van der Waals surface area contributed by atoms with Gasteiger partial charge in [-0.25, -0.2) is 0 Å². The molecule has 1 rings (SSSR count). The van der Waals surface area contributed by atoms with Crippen molar-refractivity contribution in [3.8, 4) is 5.75 Å². The average Bonchev–Trinajstić information content (AvgIpc) is 2.21. The number of aromatic hydroxyl groups is 1. The van der Waals surface area contributed by atoms with Crippen LogP contribution in [-0.2, 0) is 4.79 Å². The minimum absolute atomic E-state index is 0.0606. The van der Waals surface area contributed by atoms with Crippen LogP contribution in [0.25, 0.3) is 0 Å². The lowest BCUT2D eigenvalue weighted by molar-refractivity contribution is -0.117. The van der Waals surface area contributed by atoms with Gasteiger partial charge in [0.05, 0.1) is 12.0 Å². The molecule has 0 radical (unpaired) electrons. The summed E-state index contributed by atoms with van der Waals surface area (Å²) in [6, 6.07) is 4.79. The van der Waals surface area contributed by atoms with E-state index in [1.807, 2.05) is 6.92 Å². The van der Waals surface area contributed by atoms with E-state index >= 15 is 0 Å². The van der Waals surface area contributed by atoms with E-state index < -0.39 is 0 Å². The Bertz CT molecular complexity index is 394. The Kier molecular flexibility index (Phi) is 3.61. The first kappa shape index (κ1) is 11.4. The number of Topliss-reactive ketones (excluding diaryl/α,β-unsaturated/α-hetero) is 2. The molecular formula is C12H14O3. The maximum absolute atomic E-state index is 11.6. The molecule has 0 heterocycles. The second-order valence-corrected chi connectivity index (χ2v) is 3.51. The van der Waals surface area contributed by atoms with Crippen LogP contribution >= 0.6 is 0 Å². The van der Waals surface area contributed by atoms with Crippen LogP contribution in [0.2, 0.25) is 0 Å². The highest BCUT2D eigenvalue weighted by Crippen LogP contribution is 2.20. The maximum Gasteiger partial charge on any atom is 0.173 e. The van der Waals surface area contributed by atoms with Crippen LogP contribution in [-0.4, -0.2) is 16.7 Å². The summed E-state index contributed by atoms with van der Waals surface area (Å²) in [6.07, 6.45) is 0.214. The lowest BCUT2D eigenvalue weighted by Crippen LogP contribution is -2.07. The molecule has 3 heteroatoms. The van der Waals surface area contributed by atoms with Crippen molar-refractivity contribution in [2.45, 2.75) is 26.7 Å². The number of benzene rings is 1. The normalized spacial score (nSPS) is 10.0. The number of carbonyl (C=O) groups excluding carboxylic acids is 2. The molecule has 0 atom stereocenters. The van der Waals surface area contributed by atoms with E-state index in [9.17, 15) is 14.7 Å². The molecule has 0 aliphatic rings. The molecule has 0 spiro atoms. The molecule has 0 aromatic heterocycles. The molecule has 0 unspecified atom stereocenters. The first-order chi connectivity index (χ1) is 7.04. The topological polar surface area (TPSA) is 54.4 Å². The van der Waals surface area contributed by atoms with Gasteiger partial charge in [-0.05, 0) is 19.1 Å². The summed E-state index contributed by atoms with van der Waals surface area (Å²) < 4.78 is 0. The van der Waals surface area contributed by atoms with Gasteiger partial charge in [-0.15, -0.1) is 0 Å². The van der Waals surface area contributed by atoms with E-state index in [2.05, 4.69) is 0 Å². The number of aryl methyl sites for hydroxylation is 1. The summed E-state index contributed by atoms with van der Waals surface area (Å²) >= 11 is 0. The van der Waals surface area contributed by atoms with Crippen molar-refractivity contribution in [3.63, 3.8) is 0 Å². The van der Waals surface area contributed by atoms with Crippen LogP contribution in [0.1, 0.15) is 35.7 Å². The Morgan fingerprint density at radius 3 is 2.60 bits per heavy atom. The van der Waals surface area contributed by atoms with Crippen LogP contribution in [0, 0.1) is 6.92 Å². The van der Waals surface area contributed by atoms with Crippen molar-refractivity contribution in [1.29, 1.82) is 0 Å². The van der Waals surface area contributed by atoms with Crippen LogP contribution in [0.15, 0.2) is 18.2 Å². The fraction of sp³-hybridized carbons (Fsp3) is 0.333. The first-order valence-electron chi connectivity index (χ1n) is 4.89. The smallest absolute Gasteiger partial charge is 0.173 e. The van der Waals surface area contributed by atoms with Crippen LogP contribution in [0.4, 0.5) is 0 Å². The van der Waals surface area contributed by atoms with E-state index in [4.69, 9.17) is 0 Å². The number of hydrogen-bond donors (Lipinski definition) is 1. The molecule has 1 aromatic rings. The summed E-state index contributed by atoms with van der Waals surface area (Å²) in [5.41, 5.74) is 1.12. The average molecular weight is 206 g/mol. The molecule has 0 amide bonds. The Morgan fingerprint density at radius 2 is 2.00 bits per heavy atom. The Balaban J connectivity index is 2.91. The summed E-state index contributed by atoms with van der Waals surface area (Å²) in [5.74, 6) is -0.488. The standard InChI is InChI=1S/C12H14O3/c1-3-9(13)7-12(15)10-6-8(2)4-5-11(10)14/h4-6,14H,3,7H2,1-2H3. The molecule has 3 nitrogen and oxygen atoms in total. The van der Waals surface area contributed by atoms with Crippen molar-refractivity contribution in [1.82, 2.24) is 0 Å². The van der Waals surface area contributed by atoms with Gasteiger partial charge in [0.25, 0.3) is 0 Å². The highest BCUT2D eigenvalue weighted by Gasteiger charge is 2.14. The third-order valence-corrected chi connectivity index (χ3v) is 2.20. The lowest BCUT2D eigenvalue weighted by atomic mass is 10.0. The lowest BCUT2D eigenvalue weighted by Gasteiger charge is -2.03. The molecule has 0 saturated heterocycles. The Labute approximate surface area is 88.7 Å². The Hall–Kier alpha value is -1.64. The van der Waals surface area contributed by atoms with Gasteiger partial charge in [0, 0.05) is 6.42 Å². The number of carbonyl (C=O) groups is 2. The number of ketones is 2. The largest absolute Gasteiger partial charge is 0.507 e. The zero-order chi connectivity index (χ0) is 11.4. The predicted octanol–water partition coefficient (Wildman–Crippen LogP) is 2.25. The van der Waals surface area contributed by atoms with Crippen molar-refractivity contribution in [2.75, 3.05) is 0 Å². The minimum Gasteiger partial charge on any atom is -0.507 e. The number of hydrogen-bond acceptors (Lipinski definition) is 3. The van der Waals surface area contributed by atoms with E-state index in [1.165, 1.54) is 6.07 Å². The van der Waals surface area contributed by atoms with Gasteiger partial charge < -0.3 is 5.11 Å². The molecule has 0 saturated carbocycles. The van der Waals surface area contributed by atoms with Gasteiger partial charge in [-0.3, -0.25) is 9.59 Å². The van der Waals surface area contributed by atoms with E-state index in [1.54, 1.807) is 19.1 Å². The van der Waals surface area contributed by atoms with Crippen molar-refractivity contribution in [2.24, 2.45) is 0 Å². The van der Waals surface area contributed by atoms with E-state index in [0.29, 0.717) is 6.42 Å². The second-order valence-electron chi connectivity index (χ2n) is 3.51. The summed E-state index contributed by atoms with van der Waals surface area (Å²) in [5, 5.41) is 9.46. The van der Waals surface area contributed by atoms with Gasteiger partial charge in [0.2, 0.25) is 0 Å². The molecule has 1 aromatic carbocycles. The minimum atomic E-state index is -0.317. The van der Waals surface area contributed by atoms with E-state index in [0.717, 1.165) is 5.56 Å². The van der Waals surface area contributed by atoms with Gasteiger partial charge in [0.1, 0.15) is 11.5 Å². The van der Waals surface area contributed by atoms with Gasteiger partial charge >= 0.3 is 0 Å².